The molecule has 0 atom stereocenters. The highest BCUT2D eigenvalue weighted by Crippen LogP contribution is 2.06. The largest absolute Gasteiger partial charge is 0.481 e. The lowest BCUT2D eigenvalue weighted by Gasteiger charge is -2.06. The minimum absolute atomic E-state index is 0.145. The number of nitrogens with one attached hydrogen (secondary N) is 2. The van der Waals surface area contributed by atoms with Crippen molar-refractivity contribution in [1.29, 1.82) is 0 Å². The van der Waals surface area contributed by atoms with Crippen molar-refractivity contribution in [2.45, 2.75) is 13.0 Å². The number of rotatable bonds is 5. The fourth-order valence-corrected chi connectivity index (χ4v) is 1.68. The van der Waals surface area contributed by atoms with E-state index in [0.29, 0.717) is 17.9 Å². The molecule has 0 aliphatic rings. The quantitative estimate of drug-likeness (QED) is 0.753. The number of anilines is 1. The first-order chi connectivity index (χ1) is 10.0. The van der Waals surface area contributed by atoms with Crippen LogP contribution < -0.4 is 10.6 Å². The number of nitrogens with zero attached hydrogens (tertiary/aromatic N) is 3. The van der Waals surface area contributed by atoms with Gasteiger partial charge in [0.15, 0.2) is 0 Å². The van der Waals surface area contributed by atoms with Crippen LogP contribution in [0.4, 0.5) is 10.5 Å². The maximum Gasteiger partial charge on any atom is 0.319 e. The molecule has 0 aliphatic heterocycles. The second-order valence-corrected chi connectivity index (χ2v) is 4.44. The number of carboxylic acid groups (broad SMARTS) is 1. The third-order valence-electron chi connectivity index (χ3n) is 2.63. The monoisotopic (exact) mass is 289 g/mol. The van der Waals surface area contributed by atoms with Gasteiger partial charge < -0.3 is 15.7 Å². The van der Waals surface area contributed by atoms with Crippen molar-refractivity contribution in [2.75, 3.05) is 5.32 Å². The average molecular weight is 289 g/mol. The van der Waals surface area contributed by atoms with E-state index < -0.39 is 5.97 Å². The highest BCUT2D eigenvalue weighted by atomic mass is 16.4. The summed E-state index contributed by atoms with van der Waals surface area (Å²) in [6.45, 7) is 0.365. The third kappa shape index (κ3) is 4.60. The number of carboxylic acids is 1. The van der Waals surface area contributed by atoms with E-state index in [9.17, 15) is 9.59 Å². The van der Waals surface area contributed by atoms with Gasteiger partial charge >= 0.3 is 12.0 Å². The van der Waals surface area contributed by atoms with Gasteiger partial charge in [0.05, 0.1) is 30.2 Å². The number of aliphatic carboxylic acids is 1. The van der Waals surface area contributed by atoms with Crippen LogP contribution in [0, 0.1) is 0 Å². The molecule has 0 aliphatic carbocycles. The van der Waals surface area contributed by atoms with E-state index in [0.717, 1.165) is 5.56 Å². The molecule has 3 N–H and O–H groups in total. The van der Waals surface area contributed by atoms with E-state index >= 15 is 0 Å². The summed E-state index contributed by atoms with van der Waals surface area (Å²) in [5.74, 6) is -0.947. The summed E-state index contributed by atoms with van der Waals surface area (Å²) in [4.78, 5) is 26.2. The molecule has 8 nitrogen and oxygen atoms in total. The molecule has 0 aromatic carbocycles. The lowest BCUT2D eigenvalue weighted by Crippen LogP contribution is -2.28. The maximum absolute atomic E-state index is 11.7. The molecule has 8 heteroatoms. The van der Waals surface area contributed by atoms with Gasteiger partial charge in [-0.05, 0) is 12.1 Å². The Labute approximate surface area is 120 Å². The minimum Gasteiger partial charge on any atom is -0.481 e. The molecular weight excluding hydrogens is 274 g/mol. The fraction of sp³-hybridized carbons (Fsp3) is 0.231. The smallest absolute Gasteiger partial charge is 0.319 e. The lowest BCUT2D eigenvalue weighted by atomic mass is 10.2. The Bertz CT molecular complexity index is 636. The van der Waals surface area contributed by atoms with Crippen LogP contribution in [0.2, 0.25) is 0 Å². The number of pyridine rings is 1. The van der Waals surface area contributed by atoms with Crippen molar-refractivity contribution in [1.82, 2.24) is 20.1 Å². The Morgan fingerprint density at radius 3 is 2.71 bits per heavy atom. The molecule has 110 valence electrons. The first-order valence-corrected chi connectivity index (χ1v) is 6.22. The summed E-state index contributed by atoms with van der Waals surface area (Å²) in [7, 11) is 1.80. The van der Waals surface area contributed by atoms with Crippen LogP contribution in [0.1, 0.15) is 11.3 Å². The van der Waals surface area contributed by atoms with Crippen molar-refractivity contribution in [3.63, 3.8) is 0 Å². The van der Waals surface area contributed by atoms with Crippen molar-refractivity contribution < 1.29 is 14.7 Å². The number of hydrogen-bond acceptors (Lipinski definition) is 4. The van der Waals surface area contributed by atoms with Crippen molar-refractivity contribution in [2.24, 2.45) is 7.05 Å². The van der Waals surface area contributed by atoms with Crippen molar-refractivity contribution in [3.8, 4) is 0 Å². The second kappa shape index (κ2) is 6.51. The summed E-state index contributed by atoms with van der Waals surface area (Å²) in [5.41, 5.74) is 1.82. The van der Waals surface area contributed by atoms with E-state index in [1.54, 1.807) is 30.1 Å². The third-order valence-corrected chi connectivity index (χ3v) is 2.63. The van der Waals surface area contributed by atoms with Gasteiger partial charge in [-0.15, -0.1) is 0 Å². The minimum atomic E-state index is -0.947. The summed E-state index contributed by atoms with van der Waals surface area (Å²) in [6, 6.07) is 2.80. The van der Waals surface area contributed by atoms with Gasteiger partial charge in [-0.2, -0.15) is 5.10 Å². The topological polar surface area (TPSA) is 109 Å². The van der Waals surface area contributed by atoms with E-state index in [-0.39, 0.29) is 12.5 Å². The SMILES string of the molecule is Cn1cc(CNC(=O)Nc2ccc(CC(=O)O)nc2)cn1. The number of hydrogen-bond donors (Lipinski definition) is 3. The van der Waals surface area contributed by atoms with Gasteiger partial charge in [-0.1, -0.05) is 0 Å². The molecule has 0 saturated carbocycles. The van der Waals surface area contributed by atoms with Gasteiger partial charge in [-0.25, -0.2) is 4.79 Å². The molecule has 2 amide bonds. The first kappa shape index (κ1) is 14.5. The lowest BCUT2D eigenvalue weighted by molar-refractivity contribution is -0.136. The van der Waals surface area contributed by atoms with Crippen LogP contribution in [-0.2, 0) is 24.8 Å². The Balaban J connectivity index is 1.83. The maximum atomic E-state index is 11.7. The van der Waals surface area contributed by atoms with Crippen LogP contribution in [0.25, 0.3) is 0 Å². The zero-order valence-electron chi connectivity index (χ0n) is 11.4. The second-order valence-electron chi connectivity index (χ2n) is 4.44. The summed E-state index contributed by atoms with van der Waals surface area (Å²) in [6.07, 6.45) is 4.75. The van der Waals surface area contributed by atoms with Crippen molar-refractivity contribution in [3.05, 3.63) is 42.0 Å². The zero-order chi connectivity index (χ0) is 15.2. The Morgan fingerprint density at radius 2 is 2.14 bits per heavy atom. The molecule has 0 spiro atoms. The van der Waals surface area contributed by atoms with Gasteiger partial charge in [0.2, 0.25) is 0 Å². The molecule has 0 saturated heterocycles. The van der Waals surface area contributed by atoms with Crippen LogP contribution >= 0.6 is 0 Å². The molecule has 0 bridgehead atoms. The molecular formula is C13H15N5O3. The summed E-state index contributed by atoms with van der Waals surface area (Å²) in [5, 5.41) is 17.9. The molecule has 2 aromatic heterocycles. The first-order valence-electron chi connectivity index (χ1n) is 6.22. The molecule has 2 heterocycles. The number of aromatic nitrogens is 3. The zero-order valence-corrected chi connectivity index (χ0v) is 11.4. The van der Waals surface area contributed by atoms with Crippen LogP contribution in [0.15, 0.2) is 30.7 Å². The molecule has 2 rings (SSSR count). The predicted octanol–water partition coefficient (Wildman–Crippen LogP) is 0.764. The van der Waals surface area contributed by atoms with Crippen molar-refractivity contribution >= 4 is 17.7 Å². The average Bonchev–Trinajstić information content (AvgIpc) is 2.84. The van der Waals surface area contributed by atoms with Gasteiger partial charge in [0.1, 0.15) is 0 Å². The van der Waals surface area contributed by atoms with E-state index in [4.69, 9.17) is 5.11 Å². The van der Waals surface area contributed by atoms with E-state index in [1.165, 1.54) is 6.20 Å². The van der Waals surface area contributed by atoms with Crippen LogP contribution in [0.5, 0.6) is 0 Å². The number of carbonyl (C=O) groups excluding carboxylic acids is 1. The Hall–Kier alpha value is -2.90. The number of carbonyl (C=O) groups is 2. The molecule has 0 radical (unpaired) electrons. The van der Waals surface area contributed by atoms with Crippen LogP contribution in [0.3, 0.4) is 0 Å². The van der Waals surface area contributed by atoms with Crippen LogP contribution in [-0.4, -0.2) is 31.9 Å². The number of aryl methyl sites for hydroxylation is 1. The summed E-state index contributed by atoms with van der Waals surface area (Å²) < 4.78 is 1.65. The summed E-state index contributed by atoms with van der Waals surface area (Å²) >= 11 is 0. The Kier molecular flexibility index (Phi) is 4.50. The predicted molar refractivity (Wildman–Crippen MR) is 74.6 cm³/mol. The van der Waals surface area contributed by atoms with Gasteiger partial charge in [0, 0.05) is 25.4 Å². The fourth-order valence-electron chi connectivity index (χ4n) is 1.68. The number of urea groups is 1. The molecule has 2 aromatic rings. The normalized spacial score (nSPS) is 10.1. The highest BCUT2D eigenvalue weighted by molar-refractivity contribution is 5.88. The molecule has 21 heavy (non-hydrogen) atoms. The number of amides is 2. The highest BCUT2D eigenvalue weighted by Gasteiger charge is 2.05. The van der Waals surface area contributed by atoms with Gasteiger partial charge in [0.25, 0.3) is 0 Å². The van der Waals surface area contributed by atoms with Gasteiger partial charge in [-0.3, -0.25) is 14.5 Å². The Morgan fingerprint density at radius 1 is 1.33 bits per heavy atom. The van der Waals surface area contributed by atoms with E-state index in [2.05, 4.69) is 20.7 Å². The standard InChI is InChI=1S/C13H15N5O3/c1-18-8-9(6-16-18)5-15-13(21)17-11-3-2-10(14-7-11)4-12(19)20/h2-3,6-8H,4-5H2,1H3,(H,19,20)(H2,15,17,21). The van der Waals surface area contributed by atoms with E-state index in [1.807, 2.05) is 6.20 Å². The molecule has 0 unspecified atom stereocenters. The molecule has 0 fully saturated rings.